The van der Waals surface area contributed by atoms with Crippen LogP contribution in [-0.2, 0) is 4.74 Å². The SMILES string of the molecule is C#Cc1cc(C)n(-c2nc(-n3cnc4cc(N5CCN(C6COC6)CC5)c(Br)cc43)ccc2C(C)=O)n1. The minimum absolute atomic E-state index is 0.0981. The molecule has 0 spiro atoms. The van der Waals surface area contributed by atoms with E-state index in [1.807, 2.05) is 17.6 Å². The van der Waals surface area contributed by atoms with E-state index >= 15 is 0 Å². The Hall–Kier alpha value is -3.52. The Morgan fingerprint density at radius 2 is 1.95 bits per heavy atom. The van der Waals surface area contributed by atoms with Crippen molar-refractivity contribution in [3.8, 4) is 24.0 Å². The predicted octanol–water partition coefficient (Wildman–Crippen LogP) is 3.38. The molecule has 0 amide bonds. The van der Waals surface area contributed by atoms with Gasteiger partial charge >= 0.3 is 0 Å². The summed E-state index contributed by atoms with van der Waals surface area (Å²) < 4.78 is 9.91. The fourth-order valence-electron chi connectivity index (χ4n) is 4.97. The molecule has 2 aliphatic heterocycles. The van der Waals surface area contributed by atoms with Gasteiger partial charge in [-0.2, -0.15) is 5.10 Å². The highest BCUT2D eigenvalue weighted by Gasteiger charge is 2.29. The van der Waals surface area contributed by atoms with E-state index in [2.05, 4.69) is 53.9 Å². The van der Waals surface area contributed by atoms with Crippen molar-refractivity contribution in [1.29, 1.82) is 0 Å². The Kier molecular flexibility index (Phi) is 6.07. The van der Waals surface area contributed by atoms with Crippen molar-refractivity contribution in [3.05, 3.63) is 58.1 Å². The lowest BCUT2D eigenvalue weighted by Crippen LogP contribution is -2.56. The van der Waals surface area contributed by atoms with Gasteiger partial charge in [-0.25, -0.2) is 14.6 Å². The van der Waals surface area contributed by atoms with Crippen LogP contribution in [-0.4, -0.2) is 80.4 Å². The normalized spacial score (nSPS) is 16.6. The zero-order valence-electron chi connectivity index (χ0n) is 20.7. The summed E-state index contributed by atoms with van der Waals surface area (Å²) in [6.45, 7) is 9.07. The van der Waals surface area contributed by atoms with Crippen LogP contribution < -0.4 is 4.90 Å². The summed E-state index contributed by atoms with van der Waals surface area (Å²) in [6, 6.07) is 10.2. The van der Waals surface area contributed by atoms with Gasteiger partial charge in [0.05, 0.1) is 41.5 Å². The summed E-state index contributed by atoms with van der Waals surface area (Å²) in [4.78, 5) is 26.8. The number of benzene rings is 1. The summed E-state index contributed by atoms with van der Waals surface area (Å²) in [7, 11) is 0. The quantitative estimate of drug-likeness (QED) is 0.274. The standard InChI is InChI=1S/C27H26BrN7O2/c1-4-19-11-17(2)35(31-19)27-21(18(3)36)5-6-26(30-27)34-16-29-23-13-24(22(28)12-25(23)34)33-9-7-32(8-10-33)20-14-37-15-20/h1,5-6,11-13,16,20H,7-10,14-15H2,2-3H3. The molecule has 188 valence electrons. The summed E-state index contributed by atoms with van der Waals surface area (Å²) in [6.07, 6.45) is 7.31. The zero-order chi connectivity index (χ0) is 25.7. The van der Waals surface area contributed by atoms with E-state index in [4.69, 9.17) is 16.1 Å². The number of carbonyl (C=O) groups is 1. The van der Waals surface area contributed by atoms with Gasteiger partial charge in [-0.3, -0.25) is 14.3 Å². The fraction of sp³-hybridized carbons (Fsp3) is 0.333. The largest absolute Gasteiger partial charge is 0.378 e. The van der Waals surface area contributed by atoms with Crippen molar-refractivity contribution >= 4 is 38.4 Å². The maximum absolute atomic E-state index is 12.4. The van der Waals surface area contributed by atoms with Crippen molar-refractivity contribution in [1.82, 2.24) is 29.2 Å². The van der Waals surface area contributed by atoms with Crippen molar-refractivity contribution in [2.24, 2.45) is 0 Å². The Morgan fingerprint density at radius 1 is 1.16 bits per heavy atom. The molecule has 0 unspecified atom stereocenters. The van der Waals surface area contributed by atoms with Crippen LogP contribution in [0.5, 0.6) is 0 Å². The number of pyridine rings is 1. The van der Waals surface area contributed by atoms with Gasteiger partial charge in [-0.05, 0) is 66.0 Å². The number of hydrogen-bond acceptors (Lipinski definition) is 7. The minimum atomic E-state index is -0.0981. The van der Waals surface area contributed by atoms with E-state index in [-0.39, 0.29) is 5.78 Å². The molecule has 5 heterocycles. The molecule has 2 aliphatic rings. The Labute approximate surface area is 223 Å². The predicted molar refractivity (Wildman–Crippen MR) is 145 cm³/mol. The van der Waals surface area contributed by atoms with Gasteiger partial charge in [-0.1, -0.05) is 0 Å². The molecular formula is C27H26BrN7O2. The van der Waals surface area contributed by atoms with Crippen LogP contribution in [0.4, 0.5) is 5.69 Å². The second kappa shape index (κ2) is 9.41. The number of imidazole rings is 1. The summed E-state index contributed by atoms with van der Waals surface area (Å²) in [5.41, 5.74) is 4.68. The number of Topliss-reactive ketones (excluding diaryl/α,β-unsaturated/α-hetero) is 1. The van der Waals surface area contributed by atoms with Crippen molar-refractivity contribution in [3.63, 3.8) is 0 Å². The van der Waals surface area contributed by atoms with Gasteiger partial charge in [0.2, 0.25) is 0 Å². The van der Waals surface area contributed by atoms with Gasteiger partial charge in [0, 0.05) is 36.3 Å². The highest BCUT2D eigenvalue weighted by atomic mass is 79.9. The highest BCUT2D eigenvalue weighted by Crippen LogP contribution is 2.33. The molecule has 0 N–H and O–H groups in total. The van der Waals surface area contributed by atoms with Gasteiger partial charge in [0.1, 0.15) is 17.8 Å². The van der Waals surface area contributed by atoms with Crippen LogP contribution in [0.3, 0.4) is 0 Å². The molecule has 0 aliphatic carbocycles. The number of aromatic nitrogens is 5. The van der Waals surface area contributed by atoms with Crippen LogP contribution in [0.2, 0.25) is 0 Å². The first-order valence-electron chi connectivity index (χ1n) is 12.2. The molecule has 0 atom stereocenters. The maximum atomic E-state index is 12.4. The van der Waals surface area contributed by atoms with E-state index in [0.29, 0.717) is 28.9 Å². The molecule has 2 fully saturated rings. The first kappa shape index (κ1) is 23.9. The number of aryl methyl sites for hydroxylation is 1. The van der Waals surface area contributed by atoms with Crippen LogP contribution in [0, 0.1) is 19.3 Å². The van der Waals surface area contributed by atoms with Crippen molar-refractivity contribution < 1.29 is 9.53 Å². The average molecular weight is 560 g/mol. The number of piperazine rings is 1. The van der Waals surface area contributed by atoms with Crippen molar-refractivity contribution in [2.45, 2.75) is 19.9 Å². The molecule has 0 radical (unpaired) electrons. The zero-order valence-corrected chi connectivity index (χ0v) is 22.3. The van der Waals surface area contributed by atoms with Gasteiger partial charge in [0.25, 0.3) is 0 Å². The average Bonchev–Trinajstić information content (AvgIpc) is 3.45. The second-order valence-electron chi connectivity index (χ2n) is 9.45. The summed E-state index contributed by atoms with van der Waals surface area (Å²) >= 11 is 3.80. The molecule has 6 rings (SSSR count). The van der Waals surface area contributed by atoms with E-state index in [0.717, 1.165) is 66.3 Å². The third-order valence-electron chi connectivity index (χ3n) is 7.13. The molecular weight excluding hydrogens is 534 g/mol. The van der Waals surface area contributed by atoms with E-state index in [1.165, 1.54) is 6.92 Å². The molecule has 0 bridgehead atoms. The molecule has 37 heavy (non-hydrogen) atoms. The lowest BCUT2D eigenvalue weighted by Gasteiger charge is -2.43. The van der Waals surface area contributed by atoms with Crippen LogP contribution in [0.15, 0.2) is 41.1 Å². The first-order chi connectivity index (χ1) is 17.9. The van der Waals surface area contributed by atoms with Crippen LogP contribution in [0.25, 0.3) is 22.7 Å². The smallest absolute Gasteiger partial charge is 0.166 e. The first-order valence-corrected chi connectivity index (χ1v) is 13.0. The second-order valence-corrected chi connectivity index (χ2v) is 10.3. The van der Waals surface area contributed by atoms with Gasteiger partial charge in [0.15, 0.2) is 11.6 Å². The minimum Gasteiger partial charge on any atom is -0.378 e. The van der Waals surface area contributed by atoms with E-state index in [1.54, 1.807) is 23.1 Å². The fourth-order valence-corrected chi connectivity index (χ4v) is 5.56. The number of rotatable bonds is 5. The van der Waals surface area contributed by atoms with Gasteiger partial charge in [-0.15, -0.1) is 6.42 Å². The molecule has 4 aromatic rings. The van der Waals surface area contributed by atoms with Gasteiger partial charge < -0.3 is 9.64 Å². The van der Waals surface area contributed by atoms with E-state index in [9.17, 15) is 4.79 Å². The molecule has 1 aromatic carbocycles. The molecule has 2 saturated heterocycles. The number of halogens is 1. The Morgan fingerprint density at radius 3 is 2.59 bits per heavy atom. The molecule has 0 saturated carbocycles. The molecule has 3 aromatic heterocycles. The lowest BCUT2D eigenvalue weighted by molar-refractivity contribution is -0.0660. The number of carbonyl (C=O) groups excluding carboxylic acids is 1. The molecule has 9 nitrogen and oxygen atoms in total. The topological polar surface area (TPSA) is 81.3 Å². The van der Waals surface area contributed by atoms with Crippen molar-refractivity contribution in [2.75, 3.05) is 44.3 Å². The number of ketones is 1. The third-order valence-corrected chi connectivity index (χ3v) is 7.77. The Balaban J connectivity index is 1.35. The number of fused-ring (bicyclic) bond motifs is 1. The van der Waals surface area contributed by atoms with E-state index < -0.39 is 0 Å². The number of terminal acetylenes is 1. The third kappa shape index (κ3) is 4.23. The number of ether oxygens (including phenoxy) is 1. The summed E-state index contributed by atoms with van der Waals surface area (Å²) in [5, 5.41) is 4.45. The van der Waals surface area contributed by atoms with Crippen LogP contribution >= 0.6 is 15.9 Å². The summed E-state index contributed by atoms with van der Waals surface area (Å²) in [5.74, 6) is 3.53. The highest BCUT2D eigenvalue weighted by molar-refractivity contribution is 9.10. The number of anilines is 1. The number of hydrogen-bond donors (Lipinski definition) is 0. The monoisotopic (exact) mass is 559 g/mol. The Bertz CT molecular complexity index is 1550. The lowest BCUT2D eigenvalue weighted by atomic mass is 10.1. The maximum Gasteiger partial charge on any atom is 0.166 e. The number of nitrogens with zero attached hydrogens (tertiary/aromatic N) is 7. The molecule has 10 heteroatoms. The van der Waals surface area contributed by atoms with Crippen LogP contribution in [0.1, 0.15) is 28.7 Å².